The Bertz CT molecular complexity index is 1680. The molecule has 0 aromatic heterocycles. The molecule has 0 unspecified atom stereocenters. The molecule has 0 spiro atoms. The maximum atomic E-state index is 14.0. The number of carbonyl (C=O) groups excluding carboxylic acids is 2. The number of rotatable bonds is 9. The Kier molecular flexibility index (Phi) is 9.33. The maximum Gasteiger partial charge on any atom is 0.334 e. The van der Waals surface area contributed by atoms with Crippen LogP contribution in [0.3, 0.4) is 0 Å². The highest BCUT2D eigenvalue weighted by Gasteiger charge is 2.47. The Balaban J connectivity index is 1.31. The van der Waals surface area contributed by atoms with E-state index >= 15 is 0 Å². The highest BCUT2D eigenvalue weighted by atomic mass is 16.3. The van der Waals surface area contributed by atoms with Crippen molar-refractivity contribution >= 4 is 11.9 Å². The number of hydrogen-bond donors (Lipinski definition) is 3. The second-order valence-electron chi connectivity index (χ2n) is 11.8. The van der Waals surface area contributed by atoms with E-state index in [-0.39, 0.29) is 36.0 Å². The van der Waals surface area contributed by atoms with E-state index in [1.165, 1.54) is 0 Å². The van der Waals surface area contributed by atoms with Crippen LogP contribution in [0, 0.1) is 0 Å². The minimum atomic E-state index is -0.547. The van der Waals surface area contributed by atoms with Gasteiger partial charge in [-0.15, -0.1) is 6.58 Å². The number of aromatic hydroxyl groups is 2. The van der Waals surface area contributed by atoms with Gasteiger partial charge in [0.25, 0.3) is 0 Å². The Morgan fingerprint density at radius 2 is 1.61 bits per heavy atom. The zero-order valence-corrected chi connectivity index (χ0v) is 25.7. The number of carbonyl (C=O) groups is 2. The number of fused-ring (bicyclic) bond motifs is 1. The van der Waals surface area contributed by atoms with Crippen LogP contribution >= 0.6 is 0 Å². The van der Waals surface area contributed by atoms with Crippen LogP contribution in [0.25, 0.3) is 11.1 Å². The van der Waals surface area contributed by atoms with Crippen molar-refractivity contribution in [3.8, 4) is 22.6 Å². The normalized spacial score (nSPS) is 18.7. The van der Waals surface area contributed by atoms with Crippen molar-refractivity contribution in [3.05, 3.63) is 132 Å². The minimum absolute atomic E-state index is 0.0380. The topological polar surface area (TPSA) is 99.6 Å². The maximum absolute atomic E-state index is 14.0. The average Bonchev–Trinajstić information content (AvgIpc) is 3.05. The van der Waals surface area contributed by atoms with Crippen molar-refractivity contribution in [1.29, 1.82) is 0 Å². The number of urea groups is 1. The number of nitrogens with one attached hydrogen (secondary N) is 1. The molecule has 0 saturated carbocycles. The summed E-state index contributed by atoms with van der Waals surface area (Å²) in [6, 6.07) is 31.7. The number of hydrogen-bond acceptors (Lipinski definition) is 6. The Hall–Kier alpha value is -5.12. The molecule has 2 heterocycles. The van der Waals surface area contributed by atoms with Gasteiger partial charge in [0, 0.05) is 38.3 Å². The summed E-state index contributed by atoms with van der Waals surface area (Å²) < 4.78 is 0. The van der Waals surface area contributed by atoms with Gasteiger partial charge in [-0.25, -0.2) is 14.8 Å². The summed E-state index contributed by atoms with van der Waals surface area (Å²) in [5, 5.41) is 26.9. The van der Waals surface area contributed by atoms with Gasteiger partial charge in [0.2, 0.25) is 5.91 Å². The Labute approximate surface area is 269 Å². The Morgan fingerprint density at radius 1 is 0.870 bits per heavy atom. The van der Waals surface area contributed by atoms with Gasteiger partial charge >= 0.3 is 6.03 Å². The van der Waals surface area contributed by atoms with Gasteiger partial charge in [0.1, 0.15) is 17.7 Å². The molecule has 4 aromatic carbocycles. The fourth-order valence-corrected chi connectivity index (χ4v) is 6.52. The van der Waals surface area contributed by atoms with Gasteiger partial charge in [0.05, 0.1) is 12.6 Å². The molecule has 0 aliphatic carbocycles. The lowest BCUT2D eigenvalue weighted by Gasteiger charge is -2.55. The number of hydrazine groups is 1. The first-order valence-corrected chi connectivity index (χ1v) is 15.5. The van der Waals surface area contributed by atoms with E-state index in [0.717, 1.165) is 27.8 Å². The van der Waals surface area contributed by atoms with E-state index in [9.17, 15) is 19.8 Å². The fourth-order valence-electron chi connectivity index (χ4n) is 6.52. The van der Waals surface area contributed by atoms with Crippen LogP contribution in [-0.2, 0) is 24.3 Å². The number of amides is 3. The van der Waals surface area contributed by atoms with E-state index in [0.29, 0.717) is 39.1 Å². The molecule has 2 aliphatic heterocycles. The molecule has 4 aromatic rings. The molecule has 0 bridgehead atoms. The van der Waals surface area contributed by atoms with Gasteiger partial charge < -0.3 is 20.4 Å². The molecule has 2 atom stereocenters. The highest BCUT2D eigenvalue weighted by molar-refractivity contribution is 5.83. The minimum Gasteiger partial charge on any atom is -0.508 e. The highest BCUT2D eigenvalue weighted by Crippen LogP contribution is 2.31. The number of piperazine rings is 1. The van der Waals surface area contributed by atoms with Crippen molar-refractivity contribution in [2.24, 2.45) is 0 Å². The summed E-state index contributed by atoms with van der Waals surface area (Å²) in [6.45, 7) is 6.30. The third-order valence-corrected chi connectivity index (χ3v) is 8.59. The van der Waals surface area contributed by atoms with Crippen molar-refractivity contribution in [2.75, 3.05) is 26.2 Å². The smallest absolute Gasteiger partial charge is 0.334 e. The average molecular weight is 618 g/mol. The third kappa shape index (κ3) is 6.91. The zero-order chi connectivity index (χ0) is 32.0. The summed E-state index contributed by atoms with van der Waals surface area (Å²) in [5.41, 5.74) is 4.71. The number of benzene rings is 4. The molecule has 2 saturated heterocycles. The molecule has 9 nitrogen and oxygen atoms in total. The largest absolute Gasteiger partial charge is 0.508 e. The van der Waals surface area contributed by atoms with Gasteiger partial charge in [-0.2, -0.15) is 0 Å². The van der Waals surface area contributed by atoms with E-state index in [2.05, 4.69) is 28.9 Å². The van der Waals surface area contributed by atoms with Crippen LogP contribution in [0.5, 0.6) is 11.5 Å². The van der Waals surface area contributed by atoms with E-state index < -0.39 is 6.17 Å². The zero-order valence-electron chi connectivity index (χ0n) is 25.7. The second-order valence-corrected chi connectivity index (χ2v) is 11.8. The fraction of sp³-hybridized carbons (Fsp3) is 0.243. The Morgan fingerprint density at radius 3 is 2.37 bits per heavy atom. The van der Waals surface area contributed by atoms with Crippen molar-refractivity contribution < 1.29 is 19.8 Å². The van der Waals surface area contributed by atoms with Crippen LogP contribution < -0.4 is 5.32 Å². The first-order valence-electron chi connectivity index (χ1n) is 15.5. The summed E-state index contributed by atoms with van der Waals surface area (Å²) in [4.78, 5) is 31.9. The van der Waals surface area contributed by atoms with Gasteiger partial charge in [-0.3, -0.25) is 9.69 Å². The lowest BCUT2D eigenvalue weighted by Crippen LogP contribution is -2.75. The molecule has 6 rings (SSSR count). The molecule has 0 radical (unpaired) electrons. The van der Waals surface area contributed by atoms with Crippen LogP contribution in [0.1, 0.15) is 16.7 Å². The van der Waals surface area contributed by atoms with Gasteiger partial charge in [-0.1, -0.05) is 84.9 Å². The standard InChI is InChI=1S/C37H39N5O4/c1-2-19-40-26-36(45)41-31(21-27-15-17-32(43)18-16-27)24-39(23-29-11-8-12-30(20-29)33-13-6-7-14-34(33)44)25-35(41)42(40)37(46)38-22-28-9-4-3-5-10-28/h2-18,20,31,35,43-44H,1,19,21-26H2,(H,38,46)/t31-,35-/m0/s1. The molecule has 9 heteroatoms. The van der Waals surface area contributed by atoms with Crippen LogP contribution in [0.15, 0.2) is 116 Å². The second kappa shape index (κ2) is 13.9. The molecule has 3 N–H and O–H groups in total. The SMILES string of the molecule is C=CCN1CC(=O)N2[C@@H](Cc3ccc(O)cc3)CN(Cc3cccc(-c4ccccc4O)c3)C[C@@H]2N1C(=O)NCc1ccccc1. The molecule has 236 valence electrons. The van der Waals surface area contributed by atoms with Crippen molar-refractivity contribution in [1.82, 2.24) is 25.1 Å². The van der Waals surface area contributed by atoms with Gasteiger partial charge in [-0.05, 0) is 52.9 Å². The molecule has 3 amide bonds. The summed E-state index contributed by atoms with van der Waals surface area (Å²) in [5.74, 6) is 0.373. The molecule has 46 heavy (non-hydrogen) atoms. The first-order chi connectivity index (χ1) is 22.4. The lowest BCUT2D eigenvalue weighted by atomic mass is 9.98. The number of phenols is 2. The van der Waals surface area contributed by atoms with Crippen LogP contribution in [0.4, 0.5) is 4.79 Å². The monoisotopic (exact) mass is 617 g/mol. The van der Waals surface area contributed by atoms with Crippen LogP contribution in [-0.4, -0.2) is 80.4 Å². The lowest BCUT2D eigenvalue weighted by molar-refractivity contribution is -0.182. The number of phenolic OH excluding ortho intramolecular Hbond substituents is 2. The number of para-hydroxylation sites is 1. The van der Waals surface area contributed by atoms with E-state index in [1.807, 2.05) is 71.6 Å². The summed E-state index contributed by atoms with van der Waals surface area (Å²) in [7, 11) is 0. The first kappa shape index (κ1) is 30.9. The van der Waals surface area contributed by atoms with E-state index in [4.69, 9.17) is 0 Å². The third-order valence-electron chi connectivity index (χ3n) is 8.59. The summed E-state index contributed by atoms with van der Waals surface area (Å²) in [6.07, 6.45) is 1.73. The molecule has 2 fully saturated rings. The molecular formula is C37H39N5O4. The quantitative estimate of drug-likeness (QED) is 0.229. The van der Waals surface area contributed by atoms with Crippen LogP contribution in [0.2, 0.25) is 0 Å². The van der Waals surface area contributed by atoms with E-state index in [1.54, 1.807) is 40.4 Å². The molecule has 2 aliphatic rings. The molecular weight excluding hydrogens is 578 g/mol. The predicted octanol–water partition coefficient (Wildman–Crippen LogP) is 4.97. The summed E-state index contributed by atoms with van der Waals surface area (Å²) >= 11 is 0. The van der Waals surface area contributed by atoms with Gasteiger partial charge in [0.15, 0.2) is 0 Å². The predicted molar refractivity (Wildman–Crippen MR) is 177 cm³/mol. The van der Waals surface area contributed by atoms with Crippen molar-refractivity contribution in [2.45, 2.75) is 31.7 Å². The van der Waals surface area contributed by atoms with Crippen molar-refractivity contribution in [3.63, 3.8) is 0 Å². The number of nitrogens with zero attached hydrogens (tertiary/aromatic N) is 4.